The number of ether oxygens (including phenoxy) is 4. The average Bonchev–Trinajstić information content (AvgIpc) is 4.03. The fraction of sp³-hybridized carbons (Fsp3) is 0.643. The molecule has 8 atom stereocenters. The number of benzene rings is 1. The van der Waals surface area contributed by atoms with Crippen molar-refractivity contribution in [2.45, 2.75) is 107 Å². The van der Waals surface area contributed by atoms with Crippen LogP contribution < -0.4 is 14.2 Å². The highest BCUT2D eigenvalue weighted by Crippen LogP contribution is 2.58. The molecule has 0 radical (unpaired) electrons. The smallest absolute Gasteiger partial charge is 0.307 e. The molecule has 0 spiro atoms. The number of carbonyl (C=O) groups excluding carboxylic acids is 4. The highest BCUT2D eigenvalue weighted by molar-refractivity contribution is 7.91. The summed E-state index contributed by atoms with van der Waals surface area (Å²) in [5.41, 5.74) is -2.19. The Bertz CT molecular complexity index is 2030. The molecule has 7 rings (SSSR count). The number of amides is 2. The third-order valence-electron chi connectivity index (χ3n) is 13.0. The molecular formula is C42H54FN3O10S. The number of nitrogens with one attached hydrogen (secondary N) is 1. The third-order valence-corrected chi connectivity index (χ3v) is 15.1. The van der Waals surface area contributed by atoms with Crippen molar-refractivity contribution < 1.29 is 50.9 Å². The number of methoxy groups -OCH3 is 1. The van der Waals surface area contributed by atoms with Gasteiger partial charge in [0.2, 0.25) is 27.7 Å². The van der Waals surface area contributed by atoms with Gasteiger partial charge in [-0.1, -0.05) is 44.2 Å². The van der Waals surface area contributed by atoms with Gasteiger partial charge in [-0.2, -0.15) is 0 Å². The van der Waals surface area contributed by atoms with E-state index in [-0.39, 0.29) is 63.5 Å². The molecule has 310 valence electrons. The number of ketones is 1. The van der Waals surface area contributed by atoms with Crippen molar-refractivity contribution in [3.8, 4) is 11.6 Å². The topological polar surface area (TPSA) is 167 Å². The zero-order valence-electron chi connectivity index (χ0n) is 33.2. The van der Waals surface area contributed by atoms with Gasteiger partial charge in [-0.05, 0) is 69.3 Å². The van der Waals surface area contributed by atoms with Gasteiger partial charge < -0.3 is 23.8 Å². The molecular weight excluding hydrogens is 758 g/mol. The monoisotopic (exact) mass is 811 g/mol. The molecule has 15 heteroatoms. The predicted molar refractivity (Wildman–Crippen MR) is 207 cm³/mol. The Morgan fingerprint density at radius 3 is 2.54 bits per heavy atom. The van der Waals surface area contributed by atoms with Gasteiger partial charge in [-0.25, -0.2) is 17.8 Å². The Kier molecular flexibility index (Phi) is 11.5. The van der Waals surface area contributed by atoms with Crippen molar-refractivity contribution in [2.75, 3.05) is 33.5 Å². The number of aromatic nitrogens is 1. The van der Waals surface area contributed by atoms with Gasteiger partial charge in [0.15, 0.2) is 5.78 Å². The first-order chi connectivity index (χ1) is 27.1. The van der Waals surface area contributed by atoms with E-state index in [0.717, 1.165) is 11.8 Å². The average molecular weight is 812 g/mol. The molecule has 5 aliphatic rings. The van der Waals surface area contributed by atoms with Crippen molar-refractivity contribution in [3.05, 3.63) is 42.6 Å². The maximum Gasteiger partial charge on any atom is 0.307 e. The molecule has 3 aliphatic heterocycles. The molecule has 1 aromatic carbocycles. The van der Waals surface area contributed by atoms with Crippen LogP contribution in [0.3, 0.4) is 0 Å². The molecule has 0 bridgehead atoms. The number of rotatable bonds is 10. The van der Waals surface area contributed by atoms with Crippen LogP contribution in [0.25, 0.3) is 10.8 Å². The maximum atomic E-state index is 15.0. The Morgan fingerprint density at radius 1 is 1.11 bits per heavy atom. The molecule has 1 N–H and O–H groups in total. The predicted octanol–water partition coefficient (Wildman–Crippen LogP) is 5.25. The lowest BCUT2D eigenvalue weighted by Crippen LogP contribution is -2.48. The number of allylic oxidation sites excluding steroid dienone is 2. The van der Waals surface area contributed by atoms with Crippen LogP contribution in [0.4, 0.5) is 4.39 Å². The van der Waals surface area contributed by atoms with Gasteiger partial charge in [0, 0.05) is 30.0 Å². The van der Waals surface area contributed by atoms with Crippen molar-refractivity contribution in [2.24, 2.45) is 29.1 Å². The van der Waals surface area contributed by atoms with Crippen LogP contribution in [0.5, 0.6) is 11.6 Å². The first-order valence-electron chi connectivity index (χ1n) is 20.1. The lowest BCUT2D eigenvalue weighted by molar-refractivity contribution is -0.162. The Hall–Kier alpha value is -4.11. The number of fused-ring (bicyclic) bond motifs is 3. The van der Waals surface area contributed by atoms with E-state index in [9.17, 15) is 32.0 Å². The summed E-state index contributed by atoms with van der Waals surface area (Å²) in [6.45, 7) is 5.49. The standard InChI is InChI=1S/C42H54FN3O10S/c1-26-9-5-6-10-28-20-42(28,39(50)45-57(51,52)41(24-43)13-14-41)21-34(47)33-18-29(55-37-31-12-8-7-11-30(31)35(53-4)22-44-37)23-46(33)38(49)32(27(2)17-26)19-36(48)56-40(3)15-16-54-25-40/h6-8,10-12,22,26-29,32-33H,5,9,13-21,23-25H2,1-4H3,(H,45,50)/b10-6-/t26-,27+,28+,29+,32-,33-,40?,42+/m0/s1. The molecule has 2 amide bonds. The number of halogens is 1. The van der Waals surface area contributed by atoms with E-state index in [4.69, 9.17) is 18.9 Å². The second-order valence-electron chi connectivity index (χ2n) is 17.4. The highest BCUT2D eigenvalue weighted by Gasteiger charge is 2.63. The number of hydrogen-bond acceptors (Lipinski definition) is 11. The van der Waals surface area contributed by atoms with Crippen LogP contribution in [0.2, 0.25) is 0 Å². The lowest BCUT2D eigenvalue weighted by atomic mass is 9.82. The minimum atomic E-state index is -4.34. The van der Waals surface area contributed by atoms with Crippen LogP contribution in [0, 0.1) is 29.1 Å². The summed E-state index contributed by atoms with van der Waals surface area (Å²) in [5, 5.41) is 1.45. The molecule has 2 aliphatic carbocycles. The summed E-state index contributed by atoms with van der Waals surface area (Å²) in [5.74, 6) is -2.67. The quantitative estimate of drug-likeness (QED) is 0.246. The van der Waals surface area contributed by atoms with Crippen LogP contribution >= 0.6 is 0 Å². The minimum Gasteiger partial charge on any atom is -0.494 e. The lowest BCUT2D eigenvalue weighted by Gasteiger charge is -2.33. The summed E-state index contributed by atoms with van der Waals surface area (Å²) in [4.78, 5) is 63.2. The molecule has 1 unspecified atom stereocenters. The van der Waals surface area contributed by atoms with E-state index in [2.05, 4.69) is 16.6 Å². The minimum absolute atomic E-state index is 0.00653. The number of Topliss-reactive ketones (excluding diaryl/α,β-unsaturated/α-hetero) is 1. The Balaban J connectivity index is 1.22. The van der Waals surface area contributed by atoms with Crippen molar-refractivity contribution in [1.82, 2.24) is 14.6 Å². The van der Waals surface area contributed by atoms with Crippen LogP contribution in [-0.4, -0.2) is 97.9 Å². The van der Waals surface area contributed by atoms with Gasteiger partial charge in [0.05, 0.1) is 56.9 Å². The Morgan fingerprint density at radius 2 is 1.86 bits per heavy atom. The van der Waals surface area contributed by atoms with E-state index in [1.165, 1.54) is 4.90 Å². The van der Waals surface area contributed by atoms with Gasteiger partial charge in [0.1, 0.15) is 28.9 Å². The van der Waals surface area contributed by atoms with Crippen LogP contribution in [0.1, 0.15) is 85.0 Å². The molecule has 2 aromatic rings. The fourth-order valence-corrected chi connectivity index (χ4v) is 10.5. The number of sulfonamides is 1. The van der Waals surface area contributed by atoms with Crippen molar-refractivity contribution >= 4 is 44.4 Å². The summed E-state index contributed by atoms with van der Waals surface area (Å²) in [7, 11) is -2.79. The zero-order valence-corrected chi connectivity index (χ0v) is 34.0. The van der Waals surface area contributed by atoms with Gasteiger partial charge >= 0.3 is 5.97 Å². The molecule has 1 aromatic heterocycles. The van der Waals surface area contributed by atoms with Crippen LogP contribution in [-0.2, 0) is 38.7 Å². The summed E-state index contributed by atoms with van der Waals surface area (Å²) in [6, 6.07) is 6.38. The summed E-state index contributed by atoms with van der Waals surface area (Å²) >= 11 is 0. The summed E-state index contributed by atoms with van der Waals surface area (Å²) in [6.07, 6.45) is 7.30. The summed E-state index contributed by atoms with van der Waals surface area (Å²) < 4.78 is 64.3. The van der Waals surface area contributed by atoms with E-state index in [0.29, 0.717) is 42.9 Å². The highest BCUT2D eigenvalue weighted by atomic mass is 32.2. The third kappa shape index (κ3) is 8.28. The first-order valence-corrected chi connectivity index (χ1v) is 21.6. The number of nitrogens with zero attached hydrogens (tertiary/aromatic N) is 2. The number of pyridine rings is 1. The molecule has 2 saturated carbocycles. The van der Waals surface area contributed by atoms with Crippen molar-refractivity contribution in [3.63, 3.8) is 0 Å². The van der Waals surface area contributed by atoms with Gasteiger partial charge in [-0.15, -0.1) is 0 Å². The van der Waals surface area contributed by atoms with E-state index >= 15 is 0 Å². The maximum absolute atomic E-state index is 15.0. The molecule has 57 heavy (non-hydrogen) atoms. The largest absolute Gasteiger partial charge is 0.494 e. The molecule has 2 saturated heterocycles. The second kappa shape index (κ2) is 15.9. The van der Waals surface area contributed by atoms with E-state index < -0.39 is 80.0 Å². The van der Waals surface area contributed by atoms with Gasteiger partial charge in [-0.3, -0.25) is 23.9 Å². The normalized spacial score (nSPS) is 33.3. The van der Waals surface area contributed by atoms with E-state index in [1.807, 2.05) is 50.3 Å². The van der Waals surface area contributed by atoms with Crippen LogP contribution in [0.15, 0.2) is 42.6 Å². The number of carbonyl (C=O) groups is 4. The van der Waals surface area contributed by atoms with E-state index in [1.54, 1.807) is 13.3 Å². The number of esters is 1. The second-order valence-corrected chi connectivity index (χ2v) is 19.5. The van der Waals surface area contributed by atoms with Gasteiger partial charge in [0.25, 0.3) is 0 Å². The Labute approximate surface area is 333 Å². The zero-order chi connectivity index (χ0) is 40.8. The molecule has 4 heterocycles. The first kappa shape index (κ1) is 41.1. The molecule has 4 fully saturated rings. The number of alkyl halides is 1. The molecule has 13 nitrogen and oxygen atoms in total. The fourth-order valence-electron chi connectivity index (χ4n) is 9.02. The SMILES string of the molecule is COc1cnc(O[C@@H]2C[C@H]3C(=O)C[C@]4(C(=O)NS(=O)(=O)C5(CF)CC5)C[C@H]4/C=C\CC[C@H](C)C[C@@H](C)[C@H](CC(=O)OC4(C)CCOC4)C(=O)N3C2)c2ccccc12. The van der Waals surface area contributed by atoms with Crippen molar-refractivity contribution in [1.29, 1.82) is 0 Å². The number of hydrogen-bond donors (Lipinski definition) is 1.